The maximum Gasteiger partial charge on any atom is 0.126 e. The van der Waals surface area contributed by atoms with Gasteiger partial charge in [0.05, 0.1) is 11.9 Å². The molecule has 0 aliphatic carbocycles. The van der Waals surface area contributed by atoms with Crippen LogP contribution in [0.3, 0.4) is 0 Å². The van der Waals surface area contributed by atoms with E-state index in [9.17, 15) is 24.6 Å². The lowest BCUT2D eigenvalue weighted by Crippen LogP contribution is -2.51. The average Bonchev–Trinajstić information content (AvgIpc) is 2.00. The van der Waals surface area contributed by atoms with E-state index in [1.807, 2.05) is 0 Å². The van der Waals surface area contributed by atoms with Gasteiger partial charge in [-0.15, -0.1) is 0 Å². The van der Waals surface area contributed by atoms with Crippen LogP contribution in [0, 0.1) is 0 Å². The first kappa shape index (κ1) is 15.0. The molecule has 7 nitrogen and oxygen atoms in total. The van der Waals surface area contributed by atoms with E-state index in [0.29, 0.717) is 0 Å². The van der Waals surface area contributed by atoms with Crippen molar-refractivity contribution in [3.8, 4) is 0 Å². The van der Waals surface area contributed by atoms with Crippen molar-refractivity contribution in [2.75, 3.05) is 0 Å². The molecule has 14 heavy (non-hydrogen) atoms. The first-order valence-corrected chi connectivity index (χ1v) is 3.45. The highest BCUT2D eigenvalue weighted by molar-refractivity contribution is 5.80. The van der Waals surface area contributed by atoms with Crippen LogP contribution in [0.25, 0.3) is 0 Å². The molecule has 2 N–H and O–H groups in total. The lowest BCUT2D eigenvalue weighted by atomic mass is 10.2. The van der Waals surface area contributed by atoms with Crippen LogP contribution < -0.4 is 10.2 Å². The summed E-state index contributed by atoms with van der Waals surface area (Å²) in [5.41, 5.74) is 0. The zero-order chi connectivity index (χ0) is 11.9. The van der Waals surface area contributed by atoms with Crippen LogP contribution in [0.2, 0.25) is 0 Å². The lowest BCUT2D eigenvalue weighted by Gasteiger charge is -2.18. The van der Waals surface area contributed by atoms with E-state index in [0.717, 1.165) is 0 Å². The van der Waals surface area contributed by atoms with Gasteiger partial charge in [0.1, 0.15) is 18.0 Å². The molecule has 0 amide bonds. The minimum Gasteiger partial charge on any atom is -0.547 e. The highest BCUT2D eigenvalue weighted by Crippen LogP contribution is 1.88. The summed E-state index contributed by atoms with van der Waals surface area (Å²) in [6.07, 6.45) is -4.88. The van der Waals surface area contributed by atoms with Gasteiger partial charge in [-0.1, -0.05) is 0 Å². The quantitative estimate of drug-likeness (QED) is 0.477. The van der Waals surface area contributed by atoms with Crippen molar-refractivity contribution in [3.05, 3.63) is 0 Å². The minimum absolute atomic E-state index is 0.167. The number of Topliss-reactive ketones (excluding diaryl/α,β-unsaturated/α-hetero) is 1. The van der Waals surface area contributed by atoms with Gasteiger partial charge in [-0.2, -0.15) is 0 Å². The summed E-state index contributed by atoms with van der Waals surface area (Å²) in [5.74, 6) is -3.95. The van der Waals surface area contributed by atoms with Gasteiger partial charge in [0, 0.05) is 0 Å². The molecule has 0 bridgehead atoms. The molecule has 0 fully saturated rings. The molecule has 0 aliphatic rings. The second-order valence-corrected chi connectivity index (χ2v) is 2.44. The Labute approximate surface area is 79.6 Å². The molecule has 0 heterocycles. The summed E-state index contributed by atoms with van der Waals surface area (Å²) in [5, 5.41) is 35.7. The van der Waals surface area contributed by atoms with Crippen LogP contribution >= 0.6 is 0 Å². The van der Waals surface area contributed by atoms with E-state index in [4.69, 9.17) is 10.2 Å². The third-order valence-electron chi connectivity index (χ3n) is 0.782. The van der Waals surface area contributed by atoms with Gasteiger partial charge >= 0.3 is 0 Å². The summed E-state index contributed by atoms with van der Waals surface area (Å²) in [7, 11) is 0. The number of aliphatic hydroxyl groups excluding tert-OH is 2. The number of ketones is 1. The number of carbonyl (C=O) groups excluding carboxylic acids is 3. The van der Waals surface area contributed by atoms with Gasteiger partial charge in [-0.25, -0.2) is 0 Å². The van der Waals surface area contributed by atoms with E-state index in [1.165, 1.54) is 13.8 Å². The Morgan fingerprint density at radius 1 is 0.929 bits per heavy atom. The number of hydrogen-bond acceptors (Lipinski definition) is 7. The number of hydrogen-bond donors (Lipinski definition) is 2. The predicted octanol–water partition coefficient (Wildman–Crippen LogP) is -4.20. The van der Waals surface area contributed by atoms with Crippen LogP contribution in [0.5, 0.6) is 0 Å². The molecule has 0 rings (SSSR count). The molecule has 2 atom stereocenters. The SMILES string of the molecule is CC(C)=O.O=C([O-])C(O)C(O)C(=O)[O-]. The van der Waals surface area contributed by atoms with Crippen molar-refractivity contribution in [2.24, 2.45) is 0 Å². The zero-order valence-corrected chi connectivity index (χ0v) is 7.59. The van der Waals surface area contributed by atoms with Crippen LogP contribution in [-0.2, 0) is 14.4 Å². The summed E-state index contributed by atoms with van der Waals surface area (Å²) >= 11 is 0. The molecular weight excluding hydrogens is 196 g/mol. The standard InChI is InChI=1S/C4H6O6.C3H6O/c5-1(3(7)8)2(6)4(9)10;1-3(2)4/h1-2,5-6H,(H,7,8)(H,9,10);1-2H3/p-2. The Balaban J connectivity index is 0. The predicted molar refractivity (Wildman–Crippen MR) is 38.4 cm³/mol. The molecule has 82 valence electrons. The Kier molecular flexibility index (Phi) is 7.49. The first-order valence-electron chi connectivity index (χ1n) is 3.45. The molecule has 2 unspecified atom stereocenters. The van der Waals surface area contributed by atoms with Crippen LogP contribution in [-0.4, -0.2) is 40.1 Å². The molecule has 0 saturated carbocycles. The van der Waals surface area contributed by atoms with Gasteiger partial charge in [0.15, 0.2) is 0 Å². The molecule has 0 radical (unpaired) electrons. The first-order chi connectivity index (χ1) is 6.20. The average molecular weight is 206 g/mol. The monoisotopic (exact) mass is 206 g/mol. The van der Waals surface area contributed by atoms with E-state index in [2.05, 4.69) is 0 Å². The highest BCUT2D eigenvalue weighted by Gasteiger charge is 2.17. The van der Waals surface area contributed by atoms with E-state index in [-0.39, 0.29) is 5.78 Å². The van der Waals surface area contributed by atoms with Crippen LogP contribution in [0.15, 0.2) is 0 Å². The lowest BCUT2D eigenvalue weighted by molar-refractivity contribution is -0.333. The maximum atomic E-state index is 9.63. The van der Waals surface area contributed by atoms with Gasteiger partial charge in [0.2, 0.25) is 0 Å². The highest BCUT2D eigenvalue weighted by atomic mass is 16.4. The molecule has 0 saturated heterocycles. The number of aliphatic hydroxyl groups is 2. The maximum absolute atomic E-state index is 9.63. The summed E-state index contributed by atoms with van der Waals surface area (Å²) in [4.78, 5) is 28.7. The van der Waals surface area contributed by atoms with Gasteiger partial charge in [-0.05, 0) is 13.8 Å². The Morgan fingerprint density at radius 2 is 1.07 bits per heavy atom. The Bertz CT molecular complexity index is 200. The van der Waals surface area contributed by atoms with E-state index < -0.39 is 24.1 Å². The topological polar surface area (TPSA) is 138 Å². The summed E-state index contributed by atoms with van der Waals surface area (Å²) < 4.78 is 0. The van der Waals surface area contributed by atoms with Gasteiger partial charge in [0.25, 0.3) is 0 Å². The third-order valence-corrected chi connectivity index (χ3v) is 0.782. The van der Waals surface area contributed by atoms with Crippen molar-refractivity contribution >= 4 is 17.7 Å². The van der Waals surface area contributed by atoms with E-state index in [1.54, 1.807) is 0 Å². The minimum atomic E-state index is -2.44. The number of carboxylic acids is 2. The molecule has 0 aromatic rings. The van der Waals surface area contributed by atoms with Crippen molar-refractivity contribution in [3.63, 3.8) is 0 Å². The zero-order valence-electron chi connectivity index (χ0n) is 7.59. The van der Waals surface area contributed by atoms with Crippen molar-refractivity contribution in [1.82, 2.24) is 0 Å². The van der Waals surface area contributed by atoms with Crippen molar-refractivity contribution < 1.29 is 34.8 Å². The molecular formula is C7H10O7-2. The van der Waals surface area contributed by atoms with Crippen LogP contribution in [0.4, 0.5) is 0 Å². The Morgan fingerprint density at radius 3 is 1.14 bits per heavy atom. The molecule has 0 aliphatic heterocycles. The number of rotatable bonds is 3. The van der Waals surface area contributed by atoms with Crippen LogP contribution in [0.1, 0.15) is 13.8 Å². The largest absolute Gasteiger partial charge is 0.547 e. The third kappa shape index (κ3) is 8.62. The normalized spacial score (nSPS) is 13.1. The smallest absolute Gasteiger partial charge is 0.126 e. The number of carbonyl (C=O) groups is 3. The fourth-order valence-electron chi connectivity index (χ4n) is 0.258. The number of aliphatic carboxylic acids is 2. The van der Waals surface area contributed by atoms with E-state index >= 15 is 0 Å². The van der Waals surface area contributed by atoms with Crippen molar-refractivity contribution in [2.45, 2.75) is 26.1 Å². The fraction of sp³-hybridized carbons (Fsp3) is 0.571. The number of carboxylic acid groups (broad SMARTS) is 2. The molecule has 7 heteroatoms. The fourth-order valence-corrected chi connectivity index (χ4v) is 0.258. The van der Waals surface area contributed by atoms with Gasteiger partial charge in [-0.3, -0.25) is 0 Å². The second kappa shape index (κ2) is 6.98. The van der Waals surface area contributed by atoms with Gasteiger partial charge < -0.3 is 34.8 Å². The molecule has 0 spiro atoms. The molecule has 0 aromatic carbocycles. The second-order valence-electron chi connectivity index (χ2n) is 2.44. The molecule has 0 aromatic heterocycles. The summed E-state index contributed by atoms with van der Waals surface area (Å²) in [6, 6.07) is 0. The van der Waals surface area contributed by atoms with Crippen molar-refractivity contribution in [1.29, 1.82) is 0 Å². The summed E-state index contributed by atoms with van der Waals surface area (Å²) in [6.45, 7) is 3.06. The Hall–Kier alpha value is -1.47.